The Bertz CT molecular complexity index is 560. The molecule has 0 unspecified atom stereocenters. The van der Waals surface area contributed by atoms with Gasteiger partial charge in [0.25, 0.3) is 0 Å². The van der Waals surface area contributed by atoms with Gasteiger partial charge in [0.1, 0.15) is 10.7 Å². The molecule has 0 aliphatic carbocycles. The molecule has 0 radical (unpaired) electrons. The molecule has 0 atom stereocenters. The number of halogens is 1. The van der Waals surface area contributed by atoms with Crippen LogP contribution in [-0.2, 0) is 10.0 Å². The standard InChI is InChI=1S/C14H22FNO4S/c1-4-5-6-7-8-16-21(17,18)14-10-13(20-3)12(19-2)9-11(14)15/h9-10,16H,4-8H2,1-3H3. The van der Waals surface area contributed by atoms with Gasteiger partial charge in [0, 0.05) is 18.7 Å². The number of nitrogens with one attached hydrogen (secondary N) is 1. The van der Waals surface area contributed by atoms with E-state index in [4.69, 9.17) is 9.47 Å². The van der Waals surface area contributed by atoms with Crippen LogP contribution in [0.2, 0.25) is 0 Å². The predicted octanol–water partition coefficient (Wildman–Crippen LogP) is 2.70. The molecule has 7 heteroatoms. The molecule has 0 amide bonds. The van der Waals surface area contributed by atoms with Crippen molar-refractivity contribution in [2.24, 2.45) is 0 Å². The van der Waals surface area contributed by atoms with Gasteiger partial charge in [-0.25, -0.2) is 17.5 Å². The first-order chi connectivity index (χ1) is 9.96. The zero-order valence-electron chi connectivity index (χ0n) is 12.6. The van der Waals surface area contributed by atoms with Crippen LogP contribution < -0.4 is 14.2 Å². The minimum Gasteiger partial charge on any atom is -0.493 e. The van der Waals surface area contributed by atoms with Crippen LogP contribution in [0.5, 0.6) is 11.5 Å². The number of unbranched alkanes of at least 4 members (excludes halogenated alkanes) is 3. The number of methoxy groups -OCH3 is 2. The summed E-state index contributed by atoms with van der Waals surface area (Å²) in [5, 5.41) is 0. The first kappa shape index (κ1) is 17.7. The molecule has 120 valence electrons. The van der Waals surface area contributed by atoms with Crippen LogP contribution in [0.4, 0.5) is 4.39 Å². The summed E-state index contributed by atoms with van der Waals surface area (Å²) in [5.41, 5.74) is 0. The van der Waals surface area contributed by atoms with Crippen molar-refractivity contribution in [1.82, 2.24) is 4.72 Å². The highest BCUT2D eigenvalue weighted by Crippen LogP contribution is 2.31. The second-order valence-electron chi connectivity index (χ2n) is 4.60. The maximum atomic E-state index is 13.9. The molecule has 0 heterocycles. The normalized spacial score (nSPS) is 11.4. The first-order valence-electron chi connectivity index (χ1n) is 6.87. The van der Waals surface area contributed by atoms with Crippen molar-refractivity contribution in [2.75, 3.05) is 20.8 Å². The van der Waals surface area contributed by atoms with E-state index >= 15 is 0 Å². The fourth-order valence-electron chi connectivity index (χ4n) is 1.88. The van der Waals surface area contributed by atoms with E-state index < -0.39 is 20.7 Å². The van der Waals surface area contributed by atoms with E-state index in [1.807, 2.05) is 0 Å². The maximum absolute atomic E-state index is 13.9. The van der Waals surface area contributed by atoms with Crippen molar-refractivity contribution in [3.8, 4) is 11.5 Å². The summed E-state index contributed by atoms with van der Waals surface area (Å²) < 4.78 is 50.5. The third-order valence-electron chi connectivity index (χ3n) is 3.05. The molecule has 0 saturated carbocycles. The van der Waals surface area contributed by atoms with Crippen molar-refractivity contribution >= 4 is 10.0 Å². The van der Waals surface area contributed by atoms with Gasteiger partial charge >= 0.3 is 0 Å². The molecule has 0 aromatic heterocycles. The number of rotatable bonds is 9. The summed E-state index contributed by atoms with van der Waals surface area (Å²) in [6.07, 6.45) is 3.78. The smallest absolute Gasteiger partial charge is 0.243 e. The Kier molecular flexibility index (Phi) is 6.91. The third kappa shape index (κ3) is 4.86. The summed E-state index contributed by atoms with van der Waals surface area (Å²) in [6.45, 7) is 2.36. The Morgan fingerprint density at radius 3 is 2.29 bits per heavy atom. The lowest BCUT2D eigenvalue weighted by Gasteiger charge is -2.12. The molecule has 0 fully saturated rings. The average molecular weight is 319 g/mol. The highest BCUT2D eigenvalue weighted by atomic mass is 32.2. The molecule has 0 saturated heterocycles. The van der Waals surface area contributed by atoms with E-state index in [0.29, 0.717) is 0 Å². The lowest BCUT2D eigenvalue weighted by atomic mass is 10.2. The molecule has 0 spiro atoms. The minimum absolute atomic E-state index is 0.150. The Balaban J connectivity index is 2.87. The van der Waals surface area contributed by atoms with Crippen LogP contribution in [0.1, 0.15) is 32.6 Å². The Labute approximate surface area is 125 Å². The summed E-state index contributed by atoms with van der Waals surface area (Å²) in [5.74, 6) is -0.545. The fourth-order valence-corrected chi connectivity index (χ4v) is 3.02. The topological polar surface area (TPSA) is 64.6 Å². The summed E-state index contributed by atoms with van der Waals surface area (Å²) in [6, 6.07) is 2.13. The van der Waals surface area contributed by atoms with E-state index in [9.17, 15) is 12.8 Å². The third-order valence-corrected chi connectivity index (χ3v) is 4.53. The summed E-state index contributed by atoms with van der Waals surface area (Å²) in [7, 11) is -1.17. The van der Waals surface area contributed by atoms with Gasteiger partial charge in [-0.1, -0.05) is 26.2 Å². The van der Waals surface area contributed by atoms with Crippen LogP contribution in [0.3, 0.4) is 0 Å². The van der Waals surface area contributed by atoms with Crippen LogP contribution in [0.15, 0.2) is 17.0 Å². The second-order valence-corrected chi connectivity index (χ2v) is 6.33. The van der Waals surface area contributed by atoms with Gasteiger partial charge in [-0.2, -0.15) is 0 Å². The van der Waals surface area contributed by atoms with E-state index in [0.717, 1.165) is 37.8 Å². The van der Waals surface area contributed by atoms with E-state index in [2.05, 4.69) is 11.6 Å². The van der Waals surface area contributed by atoms with Gasteiger partial charge in [0.2, 0.25) is 10.0 Å². The molecular weight excluding hydrogens is 297 g/mol. The van der Waals surface area contributed by atoms with Crippen molar-refractivity contribution in [3.63, 3.8) is 0 Å². The Morgan fingerprint density at radius 1 is 1.10 bits per heavy atom. The van der Waals surface area contributed by atoms with Crippen LogP contribution in [0, 0.1) is 5.82 Å². The quantitative estimate of drug-likeness (QED) is 0.711. The number of benzene rings is 1. The van der Waals surface area contributed by atoms with Gasteiger partial charge in [-0.15, -0.1) is 0 Å². The van der Waals surface area contributed by atoms with Crippen LogP contribution >= 0.6 is 0 Å². The van der Waals surface area contributed by atoms with Crippen molar-refractivity contribution in [1.29, 1.82) is 0 Å². The monoisotopic (exact) mass is 319 g/mol. The molecule has 0 aliphatic heterocycles. The Hall–Kier alpha value is -1.34. The van der Waals surface area contributed by atoms with Gasteiger partial charge in [0.15, 0.2) is 11.5 Å². The van der Waals surface area contributed by atoms with Crippen molar-refractivity contribution in [2.45, 2.75) is 37.5 Å². The number of ether oxygens (including phenoxy) is 2. The molecule has 1 N–H and O–H groups in total. The predicted molar refractivity (Wildman–Crippen MR) is 78.8 cm³/mol. The molecule has 1 aromatic rings. The van der Waals surface area contributed by atoms with Gasteiger partial charge in [-0.3, -0.25) is 0 Å². The molecule has 0 aliphatic rings. The zero-order valence-corrected chi connectivity index (χ0v) is 13.4. The molecule has 5 nitrogen and oxygen atoms in total. The highest BCUT2D eigenvalue weighted by molar-refractivity contribution is 7.89. The molecule has 1 rings (SSSR count). The maximum Gasteiger partial charge on any atom is 0.243 e. The van der Waals surface area contributed by atoms with E-state index in [1.165, 1.54) is 14.2 Å². The minimum atomic E-state index is -3.90. The fraction of sp³-hybridized carbons (Fsp3) is 0.571. The largest absolute Gasteiger partial charge is 0.493 e. The average Bonchev–Trinajstić information content (AvgIpc) is 2.46. The zero-order chi connectivity index (χ0) is 15.9. The molecule has 1 aromatic carbocycles. The molecular formula is C14H22FNO4S. The van der Waals surface area contributed by atoms with E-state index in [1.54, 1.807) is 0 Å². The first-order valence-corrected chi connectivity index (χ1v) is 8.35. The summed E-state index contributed by atoms with van der Waals surface area (Å²) >= 11 is 0. The Morgan fingerprint density at radius 2 is 1.71 bits per heavy atom. The number of hydrogen-bond acceptors (Lipinski definition) is 4. The van der Waals surface area contributed by atoms with Gasteiger partial charge in [-0.05, 0) is 6.42 Å². The highest BCUT2D eigenvalue weighted by Gasteiger charge is 2.22. The van der Waals surface area contributed by atoms with Gasteiger partial charge < -0.3 is 9.47 Å². The second kappa shape index (κ2) is 8.19. The lowest BCUT2D eigenvalue weighted by molar-refractivity contribution is 0.350. The van der Waals surface area contributed by atoms with Crippen LogP contribution in [0.25, 0.3) is 0 Å². The van der Waals surface area contributed by atoms with Crippen molar-refractivity contribution in [3.05, 3.63) is 17.9 Å². The molecule has 0 bridgehead atoms. The molecule has 21 heavy (non-hydrogen) atoms. The SMILES string of the molecule is CCCCCCNS(=O)(=O)c1cc(OC)c(OC)cc1F. The van der Waals surface area contributed by atoms with Crippen LogP contribution in [-0.4, -0.2) is 29.2 Å². The summed E-state index contributed by atoms with van der Waals surface area (Å²) in [4.78, 5) is -0.435. The number of hydrogen-bond donors (Lipinski definition) is 1. The van der Waals surface area contributed by atoms with Gasteiger partial charge in [0.05, 0.1) is 14.2 Å². The lowest BCUT2D eigenvalue weighted by Crippen LogP contribution is -2.25. The van der Waals surface area contributed by atoms with E-state index in [-0.39, 0.29) is 18.0 Å². The number of sulfonamides is 1. The van der Waals surface area contributed by atoms with Crippen molar-refractivity contribution < 1.29 is 22.3 Å².